The van der Waals surface area contributed by atoms with E-state index in [1.807, 2.05) is 0 Å². The fourth-order valence-electron chi connectivity index (χ4n) is 2.14. The average molecular weight is 289 g/mol. The number of nitrogens with one attached hydrogen (secondary N) is 1. The summed E-state index contributed by atoms with van der Waals surface area (Å²) in [5.74, 6) is 0. The average Bonchev–Trinajstić information content (AvgIpc) is 2.83. The topological polar surface area (TPSA) is 95.1 Å². The number of aromatic nitrogens is 3. The summed E-state index contributed by atoms with van der Waals surface area (Å²) >= 11 is 0. The molecule has 1 saturated heterocycles. The number of nitro benzene ring substituents is 1. The van der Waals surface area contributed by atoms with Gasteiger partial charge in [-0.3, -0.25) is 14.8 Å². The van der Waals surface area contributed by atoms with Crippen molar-refractivity contribution in [3.05, 3.63) is 34.5 Å². The maximum Gasteiger partial charge on any atom is 0.292 e. The van der Waals surface area contributed by atoms with Gasteiger partial charge in [0.15, 0.2) is 0 Å². The lowest BCUT2D eigenvalue weighted by Crippen LogP contribution is -2.33. The van der Waals surface area contributed by atoms with Crippen LogP contribution >= 0.6 is 0 Å². The normalized spacial score (nSPS) is 17.3. The van der Waals surface area contributed by atoms with Crippen LogP contribution in [0.3, 0.4) is 0 Å². The number of nitro groups is 1. The van der Waals surface area contributed by atoms with E-state index in [1.54, 1.807) is 30.1 Å². The maximum absolute atomic E-state index is 11.2. The molecule has 1 fully saturated rings. The van der Waals surface area contributed by atoms with Gasteiger partial charge in [-0.05, 0) is 12.5 Å². The minimum atomic E-state index is -0.399. The molecule has 8 heteroatoms. The molecule has 1 aromatic heterocycles. The predicted octanol–water partition coefficient (Wildman–Crippen LogP) is 1.59. The number of benzene rings is 1. The lowest BCUT2D eigenvalue weighted by Gasteiger charge is -2.26. The van der Waals surface area contributed by atoms with Gasteiger partial charge < -0.3 is 10.1 Å². The van der Waals surface area contributed by atoms with Crippen molar-refractivity contribution in [1.82, 2.24) is 15.0 Å². The SMILES string of the molecule is Cn1cc(-c2ccc(NCC3CCO3)c([N+](=O)[O-])c2)nn1. The smallest absolute Gasteiger partial charge is 0.292 e. The van der Waals surface area contributed by atoms with Crippen LogP contribution in [0.4, 0.5) is 11.4 Å². The van der Waals surface area contributed by atoms with Gasteiger partial charge in [0.1, 0.15) is 11.4 Å². The molecule has 1 aliphatic rings. The van der Waals surface area contributed by atoms with Crippen LogP contribution in [0.15, 0.2) is 24.4 Å². The first kappa shape index (κ1) is 13.5. The van der Waals surface area contributed by atoms with E-state index in [0.29, 0.717) is 23.5 Å². The molecular weight excluding hydrogens is 274 g/mol. The first-order valence-corrected chi connectivity index (χ1v) is 6.64. The van der Waals surface area contributed by atoms with Crippen LogP contribution in [0.5, 0.6) is 0 Å². The Bertz CT molecular complexity index is 666. The molecule has 0 amide bonds. The standard InChI is InChI=1S/C13H15N5O3/c1-17-8-12(15-16-17)9-2-3-11(13(6-9)18(19)20)14-7-10-4-5-21-10/h2-3,6,8,10,14H,4-5,7H2,1H3. The van der Waals surface area contributed by atoms with E-state index < -0.39 is 4.92 Å². The van der Waals surface area contributed by atoms with Crippen LogP contribution in [-0.4, -0.2) is 39.2 Å². The van der Waals surface area contributed by atoms with E-state index in [0.717, 1.165) is 13.0 Å². The van der Waals surface area contributed by atoms with Gasteiger partial charge in [-0.1, -0.05) is 11.3 Å². The molecule has 0 radical (unpaired) electrons. The Morgan fingerprint density at radius 2 is 2.38 bits per heavy atom. The molecule has 0 spiro atoms. The Morgan fingerprint density at radius 3 is 2.95 bits per heavy atom. The van der Waals surface area contributed by atoms with Gasteiger partial charge in [0.05, 0.1) is 17.2 Å². The first-order chi connectivity index (χ1) is 10.1. The van der Waals surface area contributed by atoms with E-state index >= 15 is 0 Å². The largest absolute Gasteiger partial charge is 0.377 e. The van der Waals surface area contributed by atoms with Gasteiger partial charge in [-0.2, -0.15) is 0 Å². The molecule has 0 bridgehead atoms. The summed E-state index contributed by atoms with van der Waals surface area (Å²) in [5, 5.41) is 22.1. The molecular formula is C13H15N5O3. The van der Waals surface area contributed by atoms with Crippen molar-refractivity contribution < 1.29 is 9.66 Å². The van der Waals surface area contributed by atoms with E-state index in [4.69, 9.17) is 4.74 Å². The summed E-state index contributed by atoms with van der Waals surface area (Å²) in [6, 6.07) is 5.00. The second-order valence-corrected chi connectivity index (χ2v) is 4.93. The molecule has 1 N–H and O–H groups in total. The fourth-order valence-corrected chi connectivity index (χ4v) is 2.14. The summed E-state index contributed by atoms with van der Waals surface area (Å²) in [7, 11) is 1.75. The Kier molecular flexibility index (Phi) is 3.53. The highest BCUT2D eigenvalue weighted by Crippen LogP contribution is 2.30. The molecule has 1 unspecified atom stereocenters. The Morgan fingerprint density at radius 1 is 1.57 bits per heavy atom. The second kappa shape index (κ2) is 5.49. The third kappa shape index (κ3) is 2.84. The number of hydrogen-bond acceptors (Lipinski definition) is 6. The molecule has 2 aromatic rings. The number of hydrogen-bond donors (Lipinski definition) is 1. The van der Waals surface area contributed by atoms with Crippen molar-refractivity contribution in [2.75, 3.05) is 18.5 Å². The predicted molar refractivity (Wildman–Crippen MR) is 75.9 cm³/mol. The van der Waals surface area contributed by atoms with Crippen LogP contribution in [0, 0.1) is 10.1 Å². The molecule has 1 aliphatic heterocycles. The number of nitrogens with zero attached hydrogens (tertiary/aromatic N) is 4. The van der Waals surface area contributed by atoms with Crippen molar-refractivity contribution in [3.8, 4) is 11.3 Å². The summed E-state index contributed by atoms with van der Waals surface area (Å²) in [6.45, 7) is 1.34. The van der Waals surface area contributed by atoms with Gasteiger partial charge in [-0.25, -0.2) is 0 Å². The Labute approximate surface area is 120 Å². The number of aryl methyl sites for hydroxylation is 1. The lowest BCUT2D eigenvalue weighted by atomic mass is 10.1. The zero-order valence-corrected chi connectivity index (χ0v) is 11.5. The van der Waals surface area contributed by atoms with Gasteiger partial charge in [-0.15, -0.1) is 5.10 Å². The van der Waals surface area contributed by atoms with Crippen LogP contribution in [0.1, 0.15) is 6.42 Å². The van der Waals surface area contributed by atoms with Gasteiger partial charge in [0, 0.05) is 31.8 Å². The molecule has 110 valence electrons. The van der Waals surface area contributed by atoms with Crippen molar-refractivity contribution in [2.45, 2.75) is 12.5 Å². The Hall–Kier alpha value is -2.48. The second-order valence-electron chi connectivity index (χ2n) is 4.93. The van der Waals surface area contributed by atoms with Crippen LogP contribution in [0.2, 0.25) is 0 Å². The monoisotopic (exact) mass is 289 g/mol. The lowest BCUT2D eigenvalue weighted by molar-refractivity contribution is -0.383. The molecule has 8 nitrogen and oxygen atoms in total. The first-order valence-electron chi connectivity index (χ1n) is 6.64. The van der Waals surface area contributed by atoms with Crippen LogP contribution in [0.25, 0.3) is 11.3 Å². The maximum atomic E-state index is 11.2. The summed E-state index contributed by atoms with van der Waals surface area (Å²) in [5.41, 5.74) is 1.79. The molecule has 1 aromatic carbocycles. The minimum absolute atomic E-state index is 0.0254. The highest BCUT2D eigenvalue weighted by Gasteiger charge is 2.21. The van der Waals surface area contributed by atoms with Crippen molar-refractivity contribution in [2.24, 2.45) is 7.05 Å². The molecule has 3 rings (SSSR count). The number of ether oxygens (including phenoxy) is 1. The van der Waals surface area contributed by atoms with E-state index in [1.165, 1.54) is 6.07 Å². The highest BCUT2D eigenvalue weighted by molar-refractivity contribution is 5.71. The van der Waals surface area contributed by atoms with Crippen LogP contribution < -0.4 is 5.32 Å². The highest BCUT2D eigenvalue weighted by atomic mass is 16.6. The van der Waals surface area contributed by atoms with Crippen LogP contribution in [-0.2, 0) is 11.8 Å². The fraction of sp³-hybridized carbons (Fsp3) is 0.385. The van der Waals surface area contributed by atoms with Crippen molar-refractivity contribution >= 4 is 11.4 Å². The Balaban J connectivity index is 1.84. The third-order valence-corrected chi connectivity index (χ3v) is 3.41. The molecule has 2 heterocycles. The molecule has 0 aliphatic carbocycles. The van der Waals surface area contributed by atoms with Gasteiger partial charge >= 0.3 is 0 Å². The van der Waals surface area contributed by atoms with Gasteiger partial charge in [0.25, 0.3) is 5.69 Å². The minimum Gasteiger partial charge on any atom is -0.377 e. The van der Waals surface area contributed by atoms with Crippen molar-refractivity contribution in [1.29, 1.82) is 0 Å². The summed E-state index contributed by atoms with van der Waals surface area (Å²) < 4.78 is 6.85. The zero-order chi connectivity index (χ0) is 14.8. The van der Waals surface area contributed by atoms with E-state index in [-0.39, 0.29) is 11.8 Å². The van der Waals surface area contributed by atoms with E-state index in [9.17, 15) is 10.1 Å². The molecule has 1 atom stereocenters. The third-order valence-electron chi connectivity index (χ3n) is 3.41. The molecule has 0 saturated carbocycles. The summed E-state index contributed by atoms with van der Waals surface area (Å²) in [6.07, 6.45) is 2.84. The summed E-state index contributed by atoms with van der Waals surface area (Å²) in [4.78, 5) is 10.8. The quantitative estimate of drug-likeness (QED) is 0.663. The van der Waals surface area contributed by atoms with E-state index in [2.05, 4.69) is 15.6 Å². The zero-order valence-electron chi connectivity index (χ0n) is 11.5. The number of anilines is 1. The van der Waals surface area contributed by atoms with Gasteiger partial charge in [0.2, 0.25) is 0 Å². The van der Waals surface area contributed by atoms with Crippen molar-refractivity contribution in [3.63, 3.8) is 0 Å². The number of rotatable bonds is 5. The molecule has 21 heavy (non-hydrogen) atoms.